The molecule has 1 fully saturated rings. The lowest BCUT2D eigenvalue weighted by atomic mass is 10.1. The van der Waals surface area contributed by atoms with Crippen LogP contribution in [-0.4, -0.2) is 33.7 Å². The van der Waals surface area contributed by atoms with Gasteiger partial charge in [0, 0.05) is 17.6 Å². The number of hydrogen-bond acceptors (Lipinski definition) is 3. The molecule has 0 atom stereocenters. The van der Waals surface area contributed by atoms with Crippen molar-refractivity contribution >= 4 is 17.5 Å². The van der Waals surface area contributed by atoms with Crippen LogP contribution in [0.3, 0.4) is 0 Å². The van der Waals surface area contributed by atoms with E-state index in [1.54, 1.807) is 18.0 Å². The third kappa shape index (κ3) is 3.76. The summed E-state index contributed by atoms with van der Waals surface area (Å²) in [6, 6.07) is 15.6. The van der Waals surface area contributed by atoms with Crippen LogP contribution in [0, 0.1) is 6.92 Å². The Balaban J connectivity index is 1.58. The second kappa shape index (κ2) is 7.68. The van der Waals surface area contributed by atoms with Crippen LogP contribution in [0.25, 0.3) is 5.69 Å². The van der Waals surface area contributed by atoms with Gasteiger partial charge in [0.25, 0.3) is 5.91 Å². The summed E-state index contributed by atoms with van der Waals surface area (Å²) in [5, 5.41) is 5.11. The molecule has 1 aromatic heterocycles. The van der Waals surface area contributed by atoms with E-state index in [0.717, 1.165) is 35.5 Å². The highest BCUT2D eigenvalue weighted by Gasteiger charge is 2.34. The standard InChI is InChI=1S/C22H22ClN3O2/c1-15-21(13-24-26(15)19-7-5-17(23)6-8-19)22(27)25(18-9-10-18)14-16-3-11-20(28-2)12-4-16/h3-8,11-13,18H,9-10,14H2,1-2H3. The van der Waals surface area contributed by atoms with Crippen LogP contribution in [0.5, 0.6) is 5.75 Å². The maximum Gasteiger partial charge on any atom is 0.257 e. The number of hydrogen-bond donors (Lipinski definition) is 0. The minimum Gasteiger partial charge on any atom is -0.497 e. The number of carbonyl (C=O) groups is 1. The lowest BCUT2D eigenvalue weighted by molar-refractivity contribution is 0.0729. The van der Waals surface area contributed by atoms with E-state index in [1.807, 2.05) is 60.4 Å². The summed E-state index contributed by atoms with van der Waals surface area (Å²) < 4.78 is 7.00. The SMILES string of the molecule is COc1ccc(CN(C(=O)c2cnn(-c3ccc(Cl)cc3)c2C)C2CC2)cc1. The fraction of sp³-hybridized carbons (Fsp3) is 0.273. The molecular formula is C22H22ClN3O2. The fourth-order valence-corrected chi connectivity index (χ4v) is 3.42. The Morgan fingerprint density at radius 3 is 2.46 bits per heavy atom. The van der Waals surface area contributed by atoms with Crippen LogP contribution in [0.2, 0.25) is 5.02 Å². The van der Waals surface area contributed by atoms with Crippen LogP contribution in [-0.2, 0) is 6.54 Å². The van der Waals surface area contributed by atoms with Gasteiger partial charge in [-0.3, -0.25) is 4.79 Å². The number of halogens is 1. The summed E-state index contributed by atoms with van der Waals surface area (Å²) in [7, 11) is 1.65. The molecule has 1 aliphatic rings. The number of benzene rings is 2. The predicted molar refractivity (Wildman–Crippen MR) is 109 cm³/mol. The Hall–Kier alpha value is -2.79. The molecule has 1 amide bonds. The Morgan fingerprint density at radius 2 is 1.86 bits per heavy atom. The first-order valence-electron chi connectivity index (χ1n) is 9.31. The first-order chi connectivity index (χ1) is 13.6. The van der Waals surface area contributed by atoms with Crippen molar-refractivity contribution in [3.05, 3.63) is 76.6 Å². The summed E-state index contributed by atoms with van der Waals surface area (Å²) in [6.07, 6.45) is 3.76. The van der Waals surface area contributed by atoms with Gasteiger partial charge in [0.2, 0.25) is 0 Å². The van der Waals surface area contributed by atoms with Gasteiger partial charge in [-0.1, -0.05) is 23.7 Å². The average molecular weight is 396 g/mol. The normalized spacial score (nSPS) is 13.4. The van der Waals surface area contributed by atoms with Gasteiger partial charge in [-0.25, -0.2) is 4.68 Å². The van der Waals surface area contributed by atoms with E-state index in [4.69, 9.17) is 16.3 Å². The van der Waals surface area contributed by atoms with Crippen LogP contribution in [0.4, 0.5) is 0 Å². The predicted octanol–water partition coefficient (Wildman–Crippen LogP) is 4.65. The number of nitrogens with zero attached hydrogens (tertiary/aromatic N) is 3. The Labute approximate surface area is 169 Å². The summed E-state index contributed by atoms with van der Waals surface area (Å²) in [5.41, 5.74) is 3.43. The molecule has 6 heteroatoms. The average Bonchev–Trinajstić information content (AvgIpc) is 3.49. The van der Waals surface area contributed by atoms with Crippen molar-refractivity contribution in [2.75, 3.05) is 7.11 Å². The van der Waals surface area contributed by atoms with E-state index in [-0.39, 0.29) is 5.91 Å². The van der Waals surface area contributed by atoms with Crippen LogP contribution in [0.1, 0.15) is 34.5 Å². The number of rotatable bonds is 6. The topological polar surface area (TPSA) is 47.4 Å². The van der Waals surface area contributed by atoms with Gasteiger partial charge < -0.3 is 9.64 Å². The second-order valence-corrected chi connectivity index (χ2v) is 7.48. The summed E-state index contributed by atoms with van der Waals surface area (Å²) in [6.45, 7) is 2.51. The molecule has 0 bridgehead atoms. The number of aromatic nitrogens is 2. The van der Waals surface area contributed by atoms with Gasteiger partial charge in [-0.2, -0.15) is 5.10 Å². The quantitative estimate of drug-likeness (QED) is 0.610. The van der Waals surface area contributed by atoms with Gasteiger partial charge in [0.1, 0.15) is 5.75 Å². The van der Waals surface area contributed by atoms with Crippen molar-refractivity contribution in [1.29, 1.82) is 0 Å². The van der Waals surface area contributed by atoms with Crippen molar-refractivity contribution in [3.8, 4) is 11.4 Å². The van der Waals surface area contributed by atoms with E-state index in [9.17, 15) is 4.79 Å². The van der Waals surface area contributed by atoms with Gasteiger partial charge in [-0.05, 0) is 61.7 Å². The molecule has 1 aliphatic carbocycles. The van der Waals surface area contributed by atoms with Gasteiger partial charge >= 0.3 is 0 Å². The van der Waals surface area contributed by atoms with E-state index in [0.29, 0.717) is 23.2 Å². The minimum absolute atomic E-state index is 0.0241. The molecule has 0 spiro atoms. The number of amides is 1. The van der Waals surface area contributed by atoms with E-state index in [1.165, 1.54) is 0 Å². The second-order valence-electron chi connectivity index (χ2n) is 7.04. The zero-order valence-corrected chi connectivity index (χ0v) is 16.7. The molecule has 2 aromatic carbocycles. The molecule has 0 saturated heterocycles. The first-order valence-corrected chi connectivity index (χ1v) is 9.69. The van der Waals surface area contributed by atoms with Crippen molar-refractivity contribution in [1.82, 2.24) is 14.7 Å². The Kier molecular flexibility index (Phi) is 5.09. The third-order valence-corrected chi connectivity index (χ3v) is 5.32. The molecule has 5 nitrogen and oxygen atoms in total. The van der Waals surface area contributed by atoms with Crippen molar-refractivity contribution in [2.24, 2.45) is 0 Å². The fourth-order valence-electron chi connectivity index (χ4n) is 3.30. The van der Waals surface area contributed by atoms with Gasteiger partial charge in [-0.15, -0.1) is 0 Å². The number of ether oxygens (including phenoxy) is 1. The molecule has 0 aliphatic heterocycles. The van der Waals surface area contributed by atoms with E-state index >= 15 is 0 Å². The Bertz CT molecular complexity index is 976. The van der Waals surface area contributed by atoms with Crippen LogP contribution < -0.4 is 4.74 Å². The highest BCUT2D eigenvalue weighted by atomic mass is 35.5. The van der Waals surface area contributed by atoms with Crippen LogP contribution in [0.15, 0.2) is 54.7 Å². The van der Waals surface area contributed by atoms with Gasteiger partial charge in [0.15, 0.2) is 0 Å². The smallest absolute Gasteiger partial charge is 0.257 e. The van der Waals surface area contributed by atoms with Crippen LogP contribution >= 0.6 is 11.6 Å². The van der Waals surface area contributed by atoms with E-state index in [2.05, 4.69) is 5.10 Å². The highest BCUT2D eigenvalue weighted by molar-refractivity contribution is 6.30. The molecule has 1 heterocycles. The van der Waals surface area contributed by atoms with E-state index < -0.39 is 0 Å². The maximum absolute atomic E-state index is 13.3. The monoisotopic (exact) mass is 395 g/mol. The molecular weight excluding hydrogens is 374 g/mol. The number of methoxy groups -OCH3 is 1. The first kappa shape index (κ1) is 18.6. The molecule has 0 radical (unpaired) electrons. The molecule has 3 aromatic rings. The van der Waals surface area contributed by atoms with Crippen molar-refractivity contribution in [3.63, 3.8) is 0 Å². The maximum atomic E-state index is 13.3. The summed E-state index contributed by atoms with van der Waals surface area (Å²) >= 11 is 5.98. The zero-order valence-electron chi connectivity index (χ0n) is 15.9. The zero-order chi connectivity index (χ0) is 19.7. The largest absolute Gasteiger partial charge is 0.497 e. The molecule has 28 heavy (non-hydrogen) atoms. The van der Waals surface area contributed by atoms with Gasteiger partial charge in [0.05, 0.1) is 30.3 Å². The molecule has 1 saturated carbocycles. The van der Waals surface area contributed by atoms with Crippen molar-refractivity contribution < 1.29 is 9.53 Å². The lowest BCUT2D eigenvalue weighted by Gasteiger charge is -2.22. The summed E-state index contributed by atoms with van der Waals surface area (Å²) in [5.74, 6) is 0.837. The lowest BCUT2D eigenvalue weighted by Crippen LogP contribution is -2.32. The number of carbonyl (C=O) groups excluding carboxylic acids is 1. The Morgan fingerprint density at radius 1 is 1.18 bits per heavy atom. The molecule has 0 unspecified atom stereocenters. The molecule has 144 valence electrons. The summed E-state index contributed by atoms with van der Waals surface area (Å²) in [4.78, 5) is 15.3. The van der Waals surface area contributed by atoms with Crippen molar-refractivity contribution in [2.45, 2.75) is 32.4 Å². The molecule has 4 rings (SSSR count). The third-order valence-electron chi connectivity index (χ3n) is 5.07. The molecule has 0 N–H and O–H groups in total. The minimum atomic E-state index is 0.0241. The highest BCUT2D eigenvalue weighted by Crippen LogP contribution is 2.31.